The highest BCUT2D eigenvalue weighted by Crippen LogP contribution is 2.20. The summed E-state index contributed by atoms with van der Waals surface area (Å²) in [7, 11) is 3.47. The fraction of sp³-hybridized carbons (Fsp3) is 0.280. The number of hydrogen-bond acceptors (Lipinski definition) is 6. The van der Waals surface area contributed by atoms with Gasteiger partial charge in [0.25, 0.3) is 11.5 Å². The topological polar surface area (TPSA) is 94.3 Å². The van der Waals surface area contributed by atoms with Gasteiger partial charge < -0.3 is 15.2 Å². The van der Waals surface area contributed by atoms with Gasteiger partial charge >= 0.3 is 0 Å². The van der Waals surface area contributed by atoms with Crippen LogP contribution in [-0.4, -0.2) is 47.7 Å². The molecule has 1 aliphatic rings. The molecule has 0 unspecified atom stereocenters. The molecule has 0 bridgehead atoms. The summed E-state index contributed by atoms with van der Waals surface area (Å²) in [5.74, 6) is -0.867. The van der Waals surface area contributed by atoms with Crippen LogP contribution in [0.5, 0.6) is 0 Å². The monoisotopic (exact) mass is 494 g/mol. The van der Waals surface area contributed by atoms with Gasteiger partial charge in [-0.15, -0.1) is 0 Å². The number of amides is 1. The molecule has 1 N–H and O–H groups in total. The summed E-state index contributed by atoms with van der Waals surface area (Å²) in [5.41, 5.74) is 1.84. The molecule has 0 saturated carbocycles. The average molecular weight is 495 g/mol. The maximum Gasteiger partial charge on any atom is 0.278 e. The van der Waals surface area contributed by atoms with Crippen molar-refractivity contribution < 1.29 is 9.18 Å². The summed E-state index contributed by atoms with van der Waals surface area (Å²) >= 11 is 5.94. The van der Waals surface area contributed by atoms with E-state index in [-0.39, 0.29) is 23.2 Å². The predicted molar refractivity (Wildman–Crippen MR) is 132 cm³/mol. The number of anilines is 1. The number of rotatable bonds is 6. The van der Waals surface area contributed by atoms with E-state index in [1.165, 1.54) is 21.7 Å². The molecular formula is C25H24ClFN6O2. The highest BCUT2D eigenvalue weighted by atomic mass is 35.5. The van der Waals surface area contributed by atoms with Gasteiger partial charge in [-0.05, 0) is 42.3 Å². The van der Waals surface area contributed by atoms with Gasteiger partial charge in [0.15, 0.2) is 0 Å². The molecule has 1 amide bonds. The Balaban J connectivity index is 1.56. The molecule has 2 heterocycles. The highest BCUT2D eigenvalue weighted by molar-refractivity contribution is 6.30. The number of hydrogen-bond donors (Lipinski definition) is 1. The minimum Gasteiger partial charge on any atom is -0.354 e. The van der Waals surface area contributed by atoms with E-state index in [1.807, 2.05) is 30.3 Å². The number of halogens is 2. The number of carbonyl (C=O) groups is 1. The van der Waals surface area contributed by atoms with Gasteiger partial charge in [0.2, 0.25) is 5.95 Å². The fourth-order valence-electron chi connectivity index (χ4n) is 4.02. The van der Waals surface area contributed by atoms with Gasteiger partial charge in [0.1, 0.15) is 5.82 Å². The molecule has 0 spiro atoms. The normalized spacial score (nSPS) is 12.6. The molecule has 35 heavy (non-hydrogen) atoms. The zero-order valence-corrected chi connectivity index (χ0v) is 20.1. The van der Waals surface area contributed by atoms with E-state index < -0.39 is 11.7 Å². The molecule has 8 nitrogen and oxygen atoms in total. The Morgan fingerprint density at radius 3 is 2.66 bits per heavy atom. The van der Waals surface area contributed by atoms with Crippen LogP contribution in [-0.2, 0) is 19.4 Å². The van der Waals surface area contributed by atoms with E-state index >= 15 is 0 Å². The van der Waals surface area contributed by atoms with Crippen LogP contribution >= 0.6 is 11.6 Å². The average Bonchev–Trinajstić information content (AvgIpc) is 2.84. The highest BCUT2D eigenvalue weighted by Gasteiger charge is 2.28. The maximum atomic E-state index is 14.4. The van der Waals surface area contributed by atoms with Gasteiger partial charge in [-0.2, -0.15) is 9.94 Å². The van der Waals surface area contributed by atoms with Crippen LogP contribution < -0.4 is 15.9 Å². The van der Waals surface area contributed by atoms with E-state index in [0.29, 0.717) is 41.7 Å². The van der Waals surface area contributed by atoms with Gasteiger partial charge in [0.05, 0.1) is 35.0 Å². The van der Waals surface area contributed by atoms with E-state index in [1.54, 1.807) is 19.1 Å². The van der Waals surface area contributed by atoms with E-state index in [4.69, 9.17) is 16.9 Å². The summed E-state index contributed by atoms with van der Waals surface area (Å²) in [5, 5.41) is 14.5. The number of nitriles is 1. The van der Waals surface area contributed by atoms with Crippen molar-refractivity contribution in [2.45, 2.75) is 19.4 Å². The molecule has 3 aromatic rings. The third-order valence-electron chi connectivity index (χ3n) is 5.83. The second-order valence-electron chi connectivity index (χ2n) is 8.41. The van der Waals surface area contributed by atoms with Crippen LogP contribution in [0.3, 0.4) is 0 Å². The second kappa shape index (κ2) is 10.2. The van der Waals surface area contributed by atoms with Crippen LogP contribution in [0.15, 0.2) is 47.3 Å². The Hall–Kier alpha value is -3.90. The maximum absolute atomic E-state index is 14.4. The Kier molecular flexibility index (Phi) is 7.03. The van der Waals surface area contributed by atoms with Crippen molar-refractivity contribution in [1.29, 1.82) is 5.26 Å². The van der Waals surface area contributed by atoms with Crippen molar-refractivity contribution in [2.75, 3.05) is 37.5 Å². The second-order valence-corrected chi connectivity index (χ2v) is 8.85. The fourth-order valence-corrected chi connectivity index (χ4v) is 4.15. The number of aromatic nitrogens is 2. The zero-order valence-electron chi connectivity index (χ0n) is 19.4. The third kappa shape index (κ3) is 5.12. The molecule has 1 aromatic heterocycles. The van der Waals surface area contributed by atoms with Crippen molar-refractivity contribution in [3.63, 3.8) is 0 Å². The lowest BCUT2D eigenvalue weighted by molar-refractivity contribution is 0.0727. The molecular weight excluding hydrogens is 471 g/mol. The van der Waals surface area contributed by atoms with E-state index in [9.17, 15) is 14.0 Å². The van der Waals surface area contributed by atoms with E-state index in [0.717, 1.165) is 18.1 Å². The summed E-state index contributed by atoms with van der Waals surface area (Å²) in [4.78, 5) is 32.5. The minimum absolute atomic E-state index is 0.0261. The molecule has 10 heteroatoms. The SMILES string of the molecule is CN(C)n1c(NCCc2ccc(Cl)cc2)nc2c(c1=O)CN(C(=O)c1ccc(C#N)cc1F)CC2. The Morgan fingerprint density at radius 2 is 2.00 bits per heavy atom. The van der Waals surface area contributed by atoms with Crippen LogP contribution in [0.2, 0.25) is 5.02 Å². The summed E-state index contributed by atoms with van der Waals surface area (Å²) in [6, 6.07) is 13.2. The summed E-state index contributed by atoms with van der Waals surface area (Å²) in [6.07, 6.45) is 1.09. The van der Waals surface area contributed by atoms with Crippen LogP contribution in [0.25, 0.3) is 0 Å². The molecule has 0 fully saturated rings. The van der Waals surface area contributed by atoms with Crippen molar-refractivity contribution in [1.82, 2.24) is 14.6 Å². The van der Waals surface area contributed by atoms with Gasteiger partial charge in [-0.3, -0.25) is 9.59 Å². The first-order valence-electron chi connectivity index (χ1n) is 11.1. The predicted octanol–water partition coefficient (Wildman–Crippen LogP) is 2.96. The summed E-state index contributed by atoms with van der Waals surface area (Å²) < 4.78 is 15.8. The molecule has 0 saturated heterocycles. The Bertz CT molecular complexity index is 1360. The lowest BCUT2D eigenvalue weighted by atomic mass is 10.0. The van der Waals surface area contributed by atoms with Crippen LogP contribution in [0, 0.1) is 17.1 Å². The van der Waals surface area contributed by atoms with Crippen molar-refractivity contribution in [3.05, 3.63) is 91.6 Å². The Labute approximate surface area is 207 Å². The molecule has 0 aliphatic carbocycles. The van der Waals surface area contributed by atoms with Crippen molar-refractivity contribution in [3.8, 4) is 6.07 Å². The number of carbonyl (C=O) groups excluding carboxylic acids is 1. The number of benzene rings is 2. The first kappa shape index (κ1) is 24.2. The third-order valence-corrected chi connectivity index (χ3v) is 6.09. The summed E-state index contributed by atoms with van der Waals surface area (Å²) in [6.45, 7) is 0.884. The first-order chi connectivity index (χ1) is 16.8. The quantitative estimate of drug-likeness (QED) is 0.566. The Morgan fingerprint density at radius 1 is 1.26 bits per heavy atom. The number of fused-ring (bicyclic) bond motifs is 1. The number of nitrogens with zero attached hydrogens (tertiary/aromatic N) is 5. The molecule has 2 aromatic carbocycles. The standard InChI is InChI=1S/C25H24ClFN6O2/c1-31(2)33-24(35)20-15-32(23(34)19-8-5-17(14-28)13-21(19)27)12-10-22(20)30-25(33)29-11-9-16-3-6-18(26)7-4-16/h3-8,13H,9-12,15H2,1-2H3,(H,29,30). The first-order valence-corrected chi connectivity index (χ1v) is 11.5. The van der Waals surface area contributed by atoms with Crippen molar-refractivity contribution in [2.24, 2.45) is 0 Å². The molecule has 180 valence electrons. The van der Waals surface area contributed by atoms with Gasteiger partial charge in [-0.1, -0.05) is 23.7 Å². The van der Waals surface area contributed by atoms with Gasteiger partial charge in [-0.25, -0.2) is 9.37 Å². The van der Waals surface area contributed by atoms with Crippen LogP contribution in [0.4, 0.5) is 10.3 Å². The van der Waals surface area contributed by atoms with Gasteiger partial charge in [0, 0.05) is 38.6 Å². The minimum atomic E-state index is -0.760. The van der Waals surface area contributed by atoms with E-state index in [2.05, 4.69) is 10.3 Å². The largest absolute Gasteiger partial charge is 0.354 e. The lowest BCUT2D eigenvalue weighted by Crippen LogP contribution is -2.45. The molecule has 1 aliphatic heterocycles. The molecule has 4 rings (SSSR count). The molecule has 0 radical (unpaired) electrons. The van der Waals surface area contributed by atoms with Crippen LogP contribution in [0.1, 0.15) is 32.7 Å². The zero-order chi connectivity index (χ0) is 25.1. The van der Waals surface area contributed by atoms with Crippen molar-refractivity contribution >= 4 is 23.5 Å². The molecule has 0 atom stereocenters. The lowest BCUT2D eigenvalue weighted by Gasteiger charge is -2.30. The smallest absolute Gasteiger partial charge is 0.278 e. The number of nitrogens with one attached hydrogen (secondary N) is 1.